The highest BCUT2D eigenvalue weighted by molar-refractivity contribution is 6.00. The molecular weight excluding hydrogens is 290 g/mol. The normalized spacial score (nSPS) is 10.1. The van der Waals surface area contributed by atoms with E-state index in [0.29, 0.717) is 5.75 Å². The van der Waals surface area contributed by atoms with E-state index in [9.17, 15) is 9.59 Å². The Hall–Kier alpha value is -2.90. The first-order valence-corrected chi connectivity index (χ1v) is 6.34. The molecule has 0 aliphatic rings. The van der Waals surface area contributed by atoms with Gasteiger partial charge >= 0.3 is 11.9 Å². The molecule has 2 rings (SSSR count). The zero-order valence-electron chi connectivity index (χ0n) is 12.4. The van der Waals surface area contributed by atoms with Gasteiger partial charge in [0.1, 0.15) is 5.75 Å². The number of para-hydroxylation sites is 1. The highest BCUT2D eigenvalue weighted by Crippen LogP contribution is 2.19. The summed E-state index contributed by atoms with van der Waals surface area (Å²) in [5, 5.41) is 7.54. The SMILES string of the molecule is COC(=O)c1nnn(Cc2ccccc2OC)c1C(=O)OC. The summed E-state index contributed by atoms with van der Waals surface area (Å²) in [5.41, 5.74) is 0.515. The molecule has 8 nitrogen and oxygen atoms in total. The van der Waals surface area contributed by atoms with Crippen molar-refractivity contribution < 1.29 is 23.8 Å². The van der Waals surface area contributed by atoms with Crippen LogP contribution in [0.2, 0.25) is 0 Å². The summed E-state index contributed by atoms with van der Waals surface area (Å²) in [6.45, 7) is 0.193. The van der Waals surface area contributed by atoms with Crippen LogP contribution in [0, 0.1) is 0 Å². The van der Waals surface area contributed by atoms with E-state index in [2.05, 4.69) is 19.8 Å². The zero-order chi connectivity index (χ0) is 16.1. The molecule has 0 aliphatic carbocycles. The first kappa shape index (κ1) is 15.5. The average Bonchev–Trinajstić information content (AvgIpc) is 2.97. The molecule has 0 aliphatic heterocycles. The Kier molecular flexibility index (Phi) is 4.72. The molecule has 8 heteroatoms. The van der Waals surface area contributed by atoms with Gasteiger partial charge in [0.05, 0.1) is 27.9 Å². The van der Waals surface area contributed by atoms with Crippen molar-refractivity contribution in [3.05, 3.63) is 41.2 Å². The summed E-state index contributed by atoms with van der Waals surface area (Å²) in [4.78, 5) is 23.6. The summed E-state index contributed by atoms with van der Waals surface area (Å²) >= 11 is 0. The summed E-state index contributed by atoms with van der Waals surface area (Å²) < 4.78 is 15.8. The van der Waals surface area contributed by atoms with E-state index in [1.807, 2.05) is 18.2 Å². The molecule has 0 unspecified atom stereocenters. The second-order valence-electron chi connectivity index (χ2n) is 4.24. The van der Waals surface area contributed by atoms with Crippen LogP contribution >= 0.6 is 0 Å². The lowest BCUT2D eigenvalue weighted by molar-refractivity contribution is 0.0544. The number of carbonyl (C=O) groups is 2. The minimum Gasteiger partial charge on any atom is -0.496 e. The fourth-order valence-electron chi connectivity index (χ4n) is 1.95. The minimum atomic E-state index is -0.758. The largest absolute Gasteiger partial charge is 0.496 e. The minimum absolute atomic E-state index is 0.0692. The van der Waals surface area contributed by atoms with Gasteiger partial charge < -0.3 is 14.2 Å². The smallest absolute Gasteiger partial charge is 0.361 e. The lowest BCUT2D eigenvalue weighted by Crippen LogP contribution is -2.17. The van der Waals surface area contributed by atoms with Crippen LogP contribution in [0.4, 0.5) is 0 Å². The number of ether oxygens (including phenoxy) is 3. The van der Waals surface area contributed by atoms with Crippen LogP contribution in [0.3, 0.4) is 0 Å². The Morgan fingerprint density at radius 2 is 1.77 bits per heavy atom. The third kappa shape index (κ3) is 2.90. The number of carbonyl (C=O) groups excluding carboxylic acids is 2. The van der Waals surface area contributed by atoms with E-state index in [-0.39, 0.29) is 17.9 Å². The number of esters is 2. The molecule has 0 spiro atoms. The van der Waals surface area contributed by atoms with Crippen molar-refractivity contribution in [2.45, 2.75) is 6.54 Å². The Bertz CT molecular complexity index is 696. The van der Waals surface area contributed by atoms with Gasteiger partial charge in [-0.05, 0) is 6.07 Å². The van der Waals surface area contributed by atoms with Crippen molar-refractivity contribution in [1.29, 1.82) is 0 Å². The van der Waals surface area contributed by atoms with Gasteiger partial charge in [0.2, 0.25) is 5.69 Å². The molecule has 1 heterocycles. The molecule has 0 fully saturated rings. The second kappa shape index (κ2) is 6.70. The zero-order valence-corrected chi connectivity index (χ0v) is 12.4. The first-order chi connectivity index (χ1) is 10.6. The van der Waals surface area contributed by atoms with Crippen LogP contribution in [-0.2, 0) is 16.0 Å². The first-order valence-electron chi connectivity index (χ1n) is 6.34. The van der Waals surface area contributed by atoms with Crippen molar-refractivity contribution in [2.75, 3.05) is 21.3 Å². The Morgan fingerprint density at radius 1 is 1.09 bits per heavy atom. The second-order valence-corrected chi connectivity index (χ2v) is 4.24. The van der Waals surface area contributed by atoms with Crippen LogP contribution in [0.5, 0.6) is 5.75 Å². The molecule has 2 aromatic rings. The average molecular weight is 305 g/mol. The Morgan fingerprint density at radius 3 is 2.41 bits per heavy atom. The van der Waals surface area contributed by atoms with Gasteiger partial charge in [0.25, 0.3) is 0 Å². The van der Waals surface area contributed by atoms with E-state index < -0.39 is 11.9 Å². The number of nitrogens with zero attached hydrogens (tertiary/aromatic N) is 3. The number of aromatic nitrogens is 3. The van der Waals surface area contributed by atoms with Gasteiger partial charge in [0, 0.05) is 5.56 Å². The highest BCUT2D eigenvalue weighted by atomic mass is 16.5. The lowest BCUT2D eigenvalue weighted by atomic mass is 10.2. The number of hydrogen-bond acceptors (Lipinski definition) is 7. The van der Waals surface area contributed by atoms with Crippen molar-refractivity contribution in [3.8, 4) is 5.75 Å². The van der Waals surface area contributed by atoms with Crippen molar-refractivity contribution in [1.82, 2.24) is 15.0 Å². The van der Waals surface area contributed by atoms with Gasteiger partial charge in [0.15, 0.2) is 5.69 Å². The van der Waals surface area contributed by atoms with Gasteiger partial charge in [-0.3, -0.25) is 0 Å². The molecule has 0 saturated heterocycles. The molecule has 0 N–H and O–H groups in total. The standard InChI is InChI=1S/C14H15N3O5/c1-20-10-7-5-4-6-9(10)8-17-12(14(19)22-3)11(15-16-17)13(18)21-2/h4-7H,8H2,1-3H3. The van der Waals surface area contributed by atoms with Crippen LogP contribution in [0.25, 0.3) is 0 Å². The van der Waals surface area contributed by atoms with E-state index in [4.69, 9.17) is 4.74 Å². The topological polar surface area (TPSA) is 92.5 Å². The quantitative estimate of drug-likeness (QED) is 0.758. The molecule has 1 aromatic heterocycles. The molecule has 0 saturated carbocycles. The van der Waals surface area contributed by atoms with Crippen molar-refractivity contribution in [3.63, 3.8) is 0 Å². The Balaban J connectivity index is 2.45. The maximum atomic E-state index is 11.9. The number of methoxy groups -OCH3 is 3. The van der Waals surface area contributed by atoms with Gasteiger partial charge in [-0.25, -0.2) is 14.3 Å². The third-order valence-electron chi connectivity index (χ3n) is 3.01. The van der Waals surface area contributed by atoms with Crippen LogP contribution in [-0.4, -0.2) is 48.3 Å². The van der Waals surface area contributed by atoms with E-state index >= 15 is 0 Å². The predicted octanol–water partition coefficient (Wildman–Crippen LogP) is 0.908. The van der Waals surface area contributed by atoms with E-state index in [0.717, 1.165) is 5.56 Å². The Labute approximate surface area is 126 Å². The van der Waals surface area contributed by atoms with Crippen LogP contribution in [0.15, 0.2) is 24.3 Å². The van der Waals surface area contributed by atoms with E-state index in [1.165, 1.54) is 18.9 Å². The maximum Gasteiger partial charge on any atom is 0.361 e. The third-order valence-corrected chi connectivity index (χ3v) is 3.01. The number of hydrogen-bond donors (Lipinski definition) is 0. The molecule has 0 atom stereocenters. The van der Waals surface area contributed by atoms with Crippen molar-refractivity contribution >= 4 is 11.9 Å². The molecule has 0 bridgehead atoms. The fourth-order valence-corrected chi connectivity index (χ4v) is 1.95. The summed E-state index contributed by atoms with van der Waals surface area (Å²) in [6.07, 6.45) is 0. The molecule has 116 valence electrons. The van der Waals surface area contributed by atoms with E-state index in [1.54, 1.807) is 13.2 Å². The van der Waals surface area contributed by atoms with Crippen LogP contribution in [0.1, 0.15) is 26.5 Å². The van der Waals surface area contributed by atoms with Gasteiger partial charge in [-0.2, -0.15) is 0 Å². The number of rotatable bonds is 5. The van der Waals surface area contributed by atoms with Gasteiger partial charge in [-0.1, -0.05) is 23.4 Å². The number of benzene rings is 1. The fraction of sp³-hybridized carbons (Fsp3) is 0.286. The summed E-state index contributed by atoms with van der Waals surface area (Å²) in [6, 6.07) is 7.25. The summed E-state index contributed by atoms with van der Waals surface area (Å²) in [5.74, 6) is -0.847. The monoisotopic (exact) mass is 305 g/mol. The van der Waals surface area contributed by atoms with Crippen molar-refractivity contribution in [2.24, 2.45) is 0 Å². The summed E-state index contributed by atoms with van der Waals surface area (Å²) in [7, 11) is 3.95. The molecule has 0 radical (unpaired) electrons. The molecule has 1 aromatic carbocycles. The molecule has 22 heavy (non-hydrogen) atoms. The molecular formula is C14H15N3O5. The van der Waals surface area contributed by atoms with Gasteiger partial charge in [-0.15, -0.1) is 5.10 Å². The van der Waals surface area contributed by atoms with Crippen LogP contribution < -0.4 is 4.74 Å². The lowest BCUT2D eigenvalue weighted by Gasteiger charge is -2.09. The predicted molar refractivity (Wildman–Crippen MR) is 74.8 cm³/mol. The molecule has 0 amide bonds. The highest BCUT2D eigenvalue weighted by Gasteiger charge is 2.27. The maximum absolute atomic E-state index is 11.9.